The number of carbonyl (C=O) groups is 3. The van der Waals surface area contributed by atoms with Gasteiger partial charge in [-0.25, -0.2) is 4.79 Å². The van der Waals surface area contributed by atoms with E-state index in [2.05, 4.69) is 10.8 Å². The number of hydroxylamine groups is 1. The number of hydrogen-bond acceptors (Lipinski definition) is 6. The maximum Gasteiger partial charge on any atom is 0.330 e. The second-order valence-electron chi connectivity index (χ2n) is 6.11. The zero-order chi connectivity index (χ0) is 18.2. The molecule has 1 aliphatic rings. The molecule has 1 fully saturated rings. The molecule has 0 bridgehead atoms. The number of ketones is 1. The second kappa shape index (κ2) is 9.26. The quantitative estimate of drug-likeness (QED) is 0.330. The molecule has 1 aromatic carbocycles. The fourth-order valence-corrected chi connectivity index (χ4v) is 2.34. The van der Waals surface area contributed by atoms with Gasteiger partial charge in [0, 0.05) is 0 Å². The van der Waals surface area contributed by atoms with E-state index in [1.807, 2.05) is 0 Å². The van der Waals surface area contributed by atoms with Crippen molar-refractivity contribution in [3.8, 4) is 0 Å². The Labute approximate surface area is 145 Å². The van der Waals surface area contributed by atoms with Crippen LogP contribution in [-0.4, -0.2) is 42.0 Å². The van der Waals surface area contributed by atoms with Gasteiger partial charge in [0.15, 0.2) is 11.8 Å². The average molecular weight is 349 g/mol. The number of benzene rings is 1. The predicted octanol–water partition coefficient (Wildman–Crippen LogP) is 0.146. The Bertz CT molecular complexity index is 604. The molecule has 1 aromatic rings. The van der Waals surface area contributed by atoms with Crippen LogP contribution in [0.1, 0.15) is 30.9 Å². The summed E-state index contributed by atoms with van der Waals surface area (Å²) in [6, 6.07) is 6.67. The number of amides is 1. The molecule has 2 rings (SSSR count). The van der Waals surface area contributed by atoms with Gasteiger partial charge in [-0.2, -0.15) is 5.48 Å². The number of carboxylic acid groups (broad SMARTS) is 1. The molecule has 0 saturated heterocycles. The smallest absolute Gasteiger partial charge is 0.330 e. The highest BCUT2D eigenvalue weighted by atomic mass is 16.6. The Kier molecular flexibility index (Phi) is 7.05. The maximum atomic E-state index is 11.8. The minimum atomic E-state index is -1.17. The summed E-state index contributed by atoms with van der Waals surface area (Å²) in [6.07, 6.45) is 2.90. The van der Waals surface area contributed by atoms with Crippen LogP contribution in [0.15, 0.2) is 30.3 Å². The Balaban J connectivity index is 1.68. The molecule has 25 heavy (non-hydrogen) atoms. The summed E-state index contributed by atoms with van der Waals surface area (Å²) in [5.41, 5.74) is 8.58. The number of nitrogens with one attached hydrogen (secondary N) is 2. The maximum absolute atomic E-state index is 11.8. The topological polar surface area (TPSA) is 131 Å². The van der Waals surface area contributed by atoms with Crippen molar-refractivity contribution in [1.82, 2.24) is 10.8 Å². The van der Waals surface area contributed by atoms with Gasteiger partial charge in [0.2, 0.25) is 5.91 Å². The van der Waals surface area contributed by atoms with Gasteiger partial charge >= 0.3 is 5.97 Å². The molecule has 2 atom stereocenters. The van der Waals surface area contributed by atoms with E-state index in [1.54, 1.807) is 30.3 Å². The minimum Gasteiger partial charge on any atom is -0.479 e. The first-order valence-electron chi connectivity index (χ1n) is 8.17. The summed E-state index contributed by atoms with van der Waals surface area (Å²) >= 11 is 0. The highest BCUT2D eigenvalue weighted by Gasteiger charge is 2.27. The highest BCUT2D eigenvalue weighted by molar-refractivity contribution is 5.86. The van der Waals surface area contributed by atoms with Crippen molar-refractivity contribution in [1.29, 1.82) is 0 Å². The van der Waals surface area contributed by atoms with Gasteiger partial charge in [-0.3, -0.25) is 14.4 Å². The molecule has 1 saturated carbocycles. The molecule has 0 aromatic heterocycles. The lowest BCUT2D eigenvalue weighted by Gasteiger charge is -2.15. The van der Waals surface area contributed by atoms with Crippen LogP contribution in [0.25, 0.3) is 0 Å². The average Bonchev–Trinajstić information content (AvgIpc) is 3.40. The predicted molar refractivity (Wildman–Crippen MR) is 89.2 cm³/mol. The normalized spacial score (nSPS) is 16.0. The zero-order valence-electron chi connectivity index (χ0n) is 13.8. The van der Waals surface area contributed by atoms with Crippen LogP contribution in [-0.2, 0) is 19.2 Å². The molecule has 1 aliphatic carbocycles. The molecule has 2 unspecified atom stereocenters. The van der Waals surface area contributed by atoms with E-state index >= 15 is 0 Å². The van der Waals surface area contributed by atoms with Crippen LogP contribution in [0.4, 0.5) is 0 Å². The van der Waals surface area contributed by atoms with Crippen molar-refractivity contribution in [3.05, 3.63) is 35.9 Å². The number of carbonyl (C=O) groups excluding carboxylic acids is 2. The summed E-state index contributed by atoms with van der Waals surface area (Å²) in [6.45, 7) is -0.510. The van der Waals surface area contributed by atoms with Crippen molar-refractivity contribution >= 4 is 17.7 Å². The van der Waals surface area contributed by atoms with Gasteiger partial charge in [-0.1, -0.05) is 43.2 Å². The molecular weight excluding hydrogens is 326 g/mol. The summed E-state index contributed by atoms with van der Waals surface area (Å²) in [7, 11) is 0. The zero-order valence-corrected chi connectivity index (χ0v) is 13.8. The van der Waals surface area contributed by atoms with Gasteiger partial charge in [0.1, 0.15) is 6.61 Å². The largest absolute Gasteiger partial charge is 0.479 e. The molecule has 8 heteroatoms. The molecular formula is C17H23N3O5. The van der Waals surface area contributed by atoms with Crippen LogP contribution >= 0.6 is 0 Å². The van der Waals surface area contributed by atoms with Crippen molar-refractivity contribution < 1.29 is 24.3 Å². The minimum absolute atomic E-state index is 0.229. The first kappa shape index (κ1) is 19.0. The van der Waals surface area contributed by atoms with Gasteiger partial charge in [-0.15, -0.1) is 0 Å². The fraction of sp³-hybridized carbons (Fsp3) is 0.471. The number of aliphatic carboxylic acids is 1. The summed E-state index contributed by atoms with van der Waals surface area (Å²) in [5, 5.41) is 11.6. The third-order valence-corrected chi connectivity index (χ3v) is 3.93. The van der Waals surface area contributed by atoms with E-state index in [9.17, 15) is 19.5 Å². The number of Topliss-reactive ketones (excluding diaryl/α,β-unsaturated/α-hetero) is 1. The van der Waals surface area contributed by atoms with E-state index in [0.717, 1.165) is 12.8 Å². The molecule has 8 nitrogen and oxygen atoms in total. The standard InChI is InChI=1S/C17H23N3O5/c18-13(8-11-6-7-11)14(21)10-25-19-9-15(22)20-16(17(23)24)12-4-2-1-3-5-12/h1-5,11,13,16,19H,6-10,18H2,(H,20,22)(H,23,24). The monoisotopic (exact) mass is 349 g/mol. The Hall–Kier alpha value is -2.29. The molecule has 0 spiro atoms. The van der Waals surface area contributed by atoms with Crippen molar-refractivity contribution in [2.24, 2.45) is 11.7 Å². The Morgan fingerprint density at radius 2 is 1.92 bits per heavy atom. The van der Waals surface area contributed by atoms with E-state index in [-0.39, 0.29) is 18.9 Å². The van der Waals surface area contributed by atoms with Crippen molar-refractivity contribution in [2.45, 2.75) is 31.3 Å². The molecule has 136 valence electrons. The van der Waals surface area contributed by atoms with Gasteiger partial charge in [-0.05, 0) is 17.9 Å². The van der Waals surface area contributed by atoms with Gasteiger partial charge in [0.25, 0.3) is 0 Å². The summed E-state index contributed by atoms with van der Waals surface area (Å²) in [4.78, 5) is 39.8. The van der Waals surface area contributed by atoms with E-state index in [4.69, 9.17) is 10.6 Å². The third kappa shape index (κ3) is 6.61. The number of hydrogen-bond donors (Lipinski definition) is 4. The molecule has 1 amide bonds. The first-order valence-corrected chi connectivity index (χ1v) is 8.17. The van der Waals surface area contributed by atoms with Crippen LogP contribution in [0.2, 0.25) is 0 Å². The van der Waals surface area contributed by atoms with E-state index < -0.39 is 24.0 Å². The summed E-state index contributed by atoms with van der Waals surface area (Å²) < 4.78 is 0. The molecule has 5 N–H and O–H groups in total. The lowest BCUT2D eigenvalue weighted by Crippen LogP contribution is -2.41. The van der Waals surface area contributed by atoms with Crippen molar-refractivity contribution in [3.63, 3.8) is 0 Å². The molecule has 0 aliphatic heterocycles. The second-order valence-corrected chi connectivity index (χ2v) is 6.11. The van der Waals surface area contributed by atoms with Gasteiger partial charge in [0.05, 0.1) is 12.6 Å². The van der Waals surface area contributed by atoms with E-state index in [0.29, 0.717) is 17.9 Å². The van der Waals surface area contributed by atoms with E-state index in [1.165, 1.54) is 0 Å². The SMILES string of the molecule is NC(CC1CC1)C(=O)CONCC(=O)NC(C(=O)O)c1ccccc1. The van der Waals surface area contributed by atoms with Crippen LogP contribution < -0.4 is 16.5 Å². The Morgan fingerprint density at radius 3 is 2.52 bits per heavy atom. The number of nitrogens with two attached hydrogens (primary N) is 1. The van der Waals surface area contributed by atoms with Crippen LogP contribution in [0.3, 0.4) is 0 Å². The number of rotatable bonds is 11. The first-order chi connectivity index (χ1) is 12.0. The molecule has 0 heterocycles. The van der Waals surface area contributed by atoms with Crippen LogP contribution in [0.5, 0.6) is 0 Å². The molecule has 0 radical (unpaired) electrons. The highest BCUT2D eigenvalue weighted by Crippen LogP contribution is 2.33. The summed E-state index contributed by atoms with van der Waals surface area (Å²) in [5.74, 6) is -1.41. The fourth-order valence-electron chi connectivity index (χ4n) is 2.34. The third-order valence-electron chi connectivity index (χ3n) is 3.93. The lowest BCUT2D eigenvalue weighted by atomic mass is 10.1. The number of carboxylic acids is 1. The van der Waals surface area contributed by atoms with Crippen LogP contribution in [0, 0.1) is 5.92 Å². The Morgan fingerprint density at radius 1 is 1.24 bits per heavy atom. The lowest BCUT2D eigenvalue weighted by molar-refractivity contribution is -0.142. The van der Waals surface area contributed by atoms with Crippen molar-refractivity contribution in [2.75, 3.05) is 13.2 Å². The van der Waals surface area contributed by atoms with Gasteiger partial charge < -0.3 is 16.2 Å².